The monoisotopic (exact) mass is 444 g/mol. The molecule has 0 unspecified atom stereocenters. The fourth-order valence-electron chi connectivity index (χ4n) is 3.04. The van der Waals surface area contributed by atoms with E-state index >= 15 is 0 Å². The predicted octanol–water partition coefficient (Wildman–Crippen LogP) is 4.07. The molecule has 0 aliphatic carbocycles. The van der Waals surface area contributed by atoms with Crippen molar-refractivity contribution in [2.45, 2.75) is 27.3 Å². The van der Waals surface area contributed by atoms with Crippen molar-refractivity contribution in [1.82, 2.24) is 14.8 Å². The van der Waals surface area contributed by atoms with Crippen molar-refractivity contribution in [1.29, 1.82) is 0 Å². The van der Waals surface area contributed by atoms with Crippen LogP contribution in [-0.4, -0.2) is 33.2 Å². The Morgan fingerprint density at radius 2 is 2.07 bits per heavy atom. The van der Waals surface area contributed by atoms with Gasteiger partial charge >= 0.3 is 5.97 Å². The van der Waals surface area contributed by atoms with E-state index in [4.69, 9.17) is 4.74 Å². The van der Waals surface area contributed by atoms with Gasteiger partial charge in [0.25, 0.3) is 5.91 Å². The first-order valence-corrected chi connectivity index (χ1v) is 9.64. The van der Waals surface area contributed by atoms with E-state index in [0.717, 1.165) is 10.0 Å². The summed E-state index contributed by atoms with van der Waals surface area (Å²) in [6.45, 7) is 6.00. The summed E-state index contributed by atoms with van der Waals surface area (Å²) in [6.07, 6.45) is 1.63. The molecule has 0 aliphatic rings. The molecule has 2 heterocycles. The number of nitrogens with one attached hydrogen (secondary N) is 2. The summed E-state index contributed by atoms with van der Waals surface area (Å²) in [6, 6.07) is 9.61. The van der Waals surface area contributed by atoms with E-state index in [0.29, 0.717) is 34.9 Å². The molecule has 0 saturated heterocycles. The van der Waals surface area contributed by atoms with E-state index in [1.165, 1.54) is 0 Å². The predicted molar refractivity (Wildman–Crippen MR) is 110 cm³/mol. The Labute approximate surface area is 171 Å². The molecule has 0 spiro atoms. The summed E-state index contributed by atoms with van der Waals surface area (Å²) in [4.78, 5) is 27.9. The number of carbonyl (C=O) groups is 2. The molecule has 2 N–H and O–H groups in total. The van der Waals surface area contributed by atoms with Crippen LogP contribution in [0.15, 0.2) is 41.0 Å². The minimum Gasteiger partial charge on any atom is -0.462 e. The van der Waals surface area contributed by atoms with E-state index in [1.807, 2.05) is 24.3 Å². The van der Waals surface area contributed by atoms with Gasteiger partial charge in [-0.05, 0) is 44.0 Å². The van der Waals surface area contributed by atoms with Gasteiger partial charge in [-0.1, -0.05) is 28.1 Å². The van der Waals surface area contributed by atoms with Crippen LogP contribution in [0.5, 0.6) is 0 Å². The Bertz CT molecular complexity index is 1020. The summed E-state index contributed by atoms with van der Waals surface area (Å²) < 4.78 is 7.76. The van der Waals surface area contributed by atoms with Crippen LogP contribution >= 0.6 is 15.9 Å². The zero-order valence-electron chi connectivity index (χ0n) is 15.9. The molecule has 3 aromatic rings. The average molecular weight is 445 g/mol. The molecule has 0 saturated carbocycles. The van der Waals surface area contributed by atoms with E-state index in [2.05, 4.69) is 31.3 Å². The lowest BCUT2D eigenvalue weighted by Crippen LogP contribution is -2.17. The Kier molecular flexibility index (Phi) is 5.99. The minimum absolute atomic E-state index is 0.277. The number of aromatic nitrogens is 3. The molecule has 28 heavy (non-hydrogen) atoms. The topological polar surface area (TPSA) is 89.0 Å². The lowest BCUT2D eigenvalue weighted by molar-refractivity contribution is 0.0525. The van der Waals surface area contributed by atoms with Crippen LogP contribution in [0.25, 0.3) is 0 Å². The molecule has 0 fully saturated rings. The molecular formula is C20H21BrN4O3. The second-order valence-electron chi connectivity index (χ2n) is 6.30. The van der Waals surface area contributed by atoms with Crippen LogP contribution in [0, 0.1) is 13.8 Å². The van der Waals surface area contributed by atoms with Gasteiger partial charge in [-0.25, -0.2) is 9.48 Å². The highest BCUT2D eigenvalue weighted by Crippen LogP contribution is 2.21. The van der Waals surface area contributed by atoms with Crippen LogP contribution in [0.1, 0.15) is 44.6 Å². The van der Waals surface area contributed by atoms with Crippen molar-refractivity contribution in [3.63, 3.8) is 0 Å². The van der Waals surface area contributed by atoms with Crippen molar-refractivity contribution >= 4 is 33.6 Å². The largest absolute Gasteiger partial charge is 0.462 e. The van der Waals surface area contributed by atoms with Crippen LogP contribution in [0.3, 0.4) is 0 Å². The molecule has 3 rings (SSSR count). The van der Waals surface area contributed by atoms with E-state index < -0.39 is 5.97 Å². The number of rotatable bonds is 6. The van der Waals surface area contributed by atoms with Gasteiger partial charge in [0.2, 0.25) is 0 Å². The maximum absolute atomic E-state index is 12.8. The van der Waals surface area contributed by atoms with E-state index in [-0.39, 0.29) is 12.5 Å². The third-order valence-electron chi connectivity index (χ3n) is 4.32. The van der Waals surface area contributed by atoms with E-state index in [1.54, 1.807) is 37.7 Å². The molecule has 2 aromatic heterocycles. The highest BCUT2D eigenvalue weighted by Gasteiger charge is 2.23. The lowest BCUT2D eigenvalue weighted by Gasteiger charge is -2.09. The number of hydrogen-bond acceptors (Lipinski definition) is 4. The van der Waals surface area contributed by atoms with Crippen molar-refractivity contribution in [2.75, 3.05) is 11.9 Å². The van der Waals surface area contributed by atoms with Crippen LogP contribution in [0.2, 0.25) is 0 Å². The minimum atomic E-state index is -0.438. The first kappa shape index (κ1) is 19.9. The number of anilines is 1. The Balaban J connectivity index is 1.80. The molecule has 1 aromatic carbocycles. The van der Waals surface area contributed by atoms with Gasteiger partial charge in [0, 0.05) is 16.2 Å². The fraction of sp³-hybridized carbons (Fsp3) is 0.250. The van der Waals surface area contributed by atoms with Crippen LogP contribution in [-0.2, 0) is 11.3 Å². The van der Waals surface area contributed by atoms with Crippen molar-refractivity contribution in [3.8, 4) is 0 Å². The Morgan fingerprint density at radius 1 is 1.29 bits per heavy atom. The third kappa shape index (κ3) is 4.17. The number of esters is 1. The molecular weight excluding hydrogens is 424 g/mol. The van der Waals surface area contributed by atoms with Gasteiger partial charge in [0.05, 0.1) is 24.9 Å². The van der Waals surface area contributed by atoms with Gasteiger partial charge in [-0.3, -0.25) is 4.79 Å². The standard InChI is InChI=1S/C20H21BrN4O3/c1-4-28-20(27)17-12(2)18(23-13(17)3)19(26)24-16-8-9-22-25(16)11-14-6-5-7-15(21)10-14/h5-10,23H,4,11H2,1-3H3,(H,24,26). The summed E-state index contributed by atoms with van der Waals surface area (Å²) in [5.41, 5.74) is 2.94. The first-order chi connectivity index (χ1) is 13.4. The number of H-pyrrole nitrogens is 1. The number of amides is 1. The molecule has 0 bridgehead atoms. The summed E-state index contributed by atoms with van der Waals surface area (Å²) in [5.74, 6) is -0.214. The molecule has 0 atom stereocenters. The van der Waals surface area contributed by atoms with Crippen molar-refractivity contribution in [3.05, 3.63) is 69.1 Å². The second-order valence-corrected chi connectivity index (χ2v) is 7.22. The summed E-state index contributed by atoms with van der Waals surface area (Å²) in [5, 5.41) is 7.15. The van der Waals surface area contributed by atoms with Crippen molar-refractivity contribution in [2.24, 2.45) is 0 Å². The quantitative estimate of drug-likeness (QED) is 0.560. The smallest absolute Gasteiger partial charge is 0.340 e. The van der Waals surface area contributed by atoms with E-state index in [9.17, 15) is 9.59 Å². The number of aromatic amines is 1. The molecule has 0 radical (unpaired) electrons. The number of halogens is 1. The van der Waals surface area contributed by atoms with Gasteiger partial charge in [-0.15, -0.1) is 0 Å². The number of nitrogens with zero attached hydrogens (tertiary/aromatic N) is 2. The first-order valence-electron chi connectivity index (χ1n) is 8.84. The maximum Gasteiger partial charge on any atom is 0.340 e. The molecule has 1 amide bonds. The second kappa shape index (κ2) is 8.43. The van der Waals surface area contributed by atoms with Crippen LogP contribution in [0.4, 0.5) is 5.82 Å². The average Bonchev–Trinajstić information content (AvgIpc) is 3.19. The van der Waals surface area contributed by atoms with Crippen LogP contribution < -0.4 is 5.32 Å². The number of ether oxygens (including phenoxy) is 1. The Morgan fingerprint density at radius 3 is 2.79 bits per heavy atom. The zero-order chi connectivity index (χ0) is 20.3. The van der Waals surface area contributed by atoms with Gasteiger partial charge in [-0.2, -0.15) is 5.10 Å². The molecule has 8 heteroatoms. The summed E-state index contributed by atoms with van der Waals surface area (Å²) >= 11 is 3.45. The highest BCUT2D eigenvalue weighted by molar-refractivity contribution is 9.10. The highest BCUT2D eigenvalue weighted by atomic mass is 79.9. The third-order valence-corrected chi connectivity index (χ3v) is 4.82. The number of benzene rings is 1. The molecule has 146 valence electrons. The number of aryl methyl sites for hydroxylation is 1. The normalized spacial score (nSPS) is 10.7. The Hall–Kier alpha value is -2.87. The van der Waals surface area contributed by atoms with Gasteiger partial charge < -0.3 is 15.0 Å². The SMILES string of the molecule is CCOC(=O)c1c(C)[nH]c(C(=O)Nc2ccnn2Cc2cccc(Br)c2)c1C. The lowest BCUT2D eigenvalue weighted by atomic mass is 10.1. The fourth-order valence-corrected chi connectivity index (χ4v) is 3.49. The maximum atomic E-state index is 12.8. The zero-order valence-corrected chi connectivity index (χ0v) is 17.5. The molecule has 7 nitrogen and oxygen atoms in total. The van der Waals surface area contributed by atoms with Gasteiger partial charge in [0.15, 0.2) is 0 Å². The number of carbonyl (C=O) groups excluding carboxylic acids is 2. The van der Waals surface area contributed by atoms with Crippen molar-refractivity contribution < 1.29 is 14.3 Å². The number of hydrogen-bond donors (Lipinski definition) is 2. The molecule has 0 aliphatic heterocycles. The van der Waals surface area contributed by atoms with Gasteiger partial charge in [0.1, 0.15) is 11.5 Å². The summed E-state index contributed by atoms with van der Waals surface area (Å²) in [7, 11) is 0.